The molecule has 0 radical (unpaired) electrons. The zero-order valence-electron chi connectivity index (χ0n) is 17.8. The average Bonchev–Trinajstić information content (AvgIpc) is 3.43. The van der Waals surface area contributed by atoms with E-state index in [1.807, 2.05) is 67.6 Å². The second-order valence-corrected chi connectivity index (χ2v) is 8.39. The maximum Gasteiger partial charge on any atom is 0.324 e. The number of nitrogens with one attached hydrogen (secondary N) is 4. The van der Waals surface area contributed by atoms with Crippen LogP contribution in [0, 0.1) is 12.8 Å². The van der Waals surface area contributed by atoms with Crippen LogP contribution in [-0.4, -0.2) is 27.8 Å². The normalized spacial score (nSPS) is 22.2. The molecule has 0 spiro atoms. The number of nitrogens with zero attached hydrogens (tertiary/aromatic N) is 2. The summed E-state index contributed by atoms with van der Waals surface area (Å²) in [6.45, 7) is 1.99. The Morgan fingerprint density at radius 2 is 1.84 bits per heavy atom. The van der Waals surface area contributed by atoms with Crippen LogP contribution >= 0.6 is 0 Å². The van der Waals surface area contributed by atoms with Crippen molar-refractivity contribution < 1.29 is 9.59 Å². The van der Waals surface area contributed by atoms with Gasteiger partial charge < -0.3 is 10.6 Å². The van der Waals surface area contributed by atoms with Crippen molar-refractivity contribution in [2.24, 2.45) is 5.92 Å². The highest BCUT2D eigenvalue weighted by atomic mass is 16.2. The summed E-state index contributed by atoms with van der Waals surface area (Å²) in [4.78, 5) is 25.4. The number of amides is 3. The minimum atomic E-state index is -0.533. The molecule has 8 heteroatoms. The van der Waals surface area contributed by atoms with Crippen molar-refractivity contribution >= 4 is 23.4 Å². The molecule has 5 rings (SSSR count). The van der Waals surface area contributed by atoms with Gasteiger partial charge in [0.1, 0.15) is 5.82 Å². The number of aryl methyl sites for hydroxylation is 1. The van der Waals surface area contributed by atoms with E-state index in [1.54, 1.807) is 4.68 Å². The molecular weight excluding hydrogens is 404 g/mol. The van der Waals surface area contributed by atoms with Crippen LogP contribution in [0.15, 0.2) is 60.7 Å². The van der Waals surface area contributed by atoms with E-state index < -0.39 is 6.29 Å². The molecule has 3 amide bonds. The molecule has 1 aromatic heterocycles. The molecule has 0 bridgehead atoms. The van der Waals surface area contributed by atoms with Crippen LogP contribution in [-0.2, 0) is 4.79 Å². The fraction of sp³-hybridized carbons (Fsp3) is 0.292. The number of carbonyl (C=O) groups excluding carboxylic acids is 2. The van der Waals surface area contributed by atoms with Crippen molar-refractivity contribution in [3.63, 3.8) is 0 Å². The van der Waals surface area contributed by atoms with E-state index in [9.17, 15) is 9.59 Å². The highest BCUT2D eigenvalue weighted by Gasteiger charge is 2.40. The minimum absolute atomic E-state index is 0.00310. The minimum Gasteiger partial charge on any atom is -0.322 e. The molecule has 1 saturated heterocycles. The van der Waals surface area contributed by atoms with Gasteiger partial charge in [-0.15, -0.1) is 0 Å². The highest BCUT2D eigenvalue weighted by molar-refractivity contribution is 5.99. The molecule has 3 atom stereocenters. The van der Waals surface area contributed by atoms with Gasteiger partial charge in [0.25, 0.3) is 0 Å². The van der Waals surface area contributed by atoms with Gasteiger partial charge in [-0.3, -0.25) is 15.4 Å². The molecule has 1 aliphatic heterocycles. The SMILES string of the molecule is Cc1ccc(NC(=O)Nc2cc(-c3ccccc3)nn2C2NC(=O)C3CCCC3N2)cc1. The van der Waals surface area contributed by atoms with E-state index >= 15 is 0 Å². The zero-order valence-corrected chi connectivity index (χ0v) is 17.8. The van der Waals surface area contributed by atoms with E-state index in [4.69, 9.17) is 5.10 Å². The van der Waals surface area contributed by atoms with Crippen molar-refractivity contribution in [3.05, 3.63) is 66.2 Å². The third-order valence-electron chi connectivity index (χ3n) is 6.10. The number of hydrogen-bond acceptors (Lipinski definition) is 4. The summed E-state index contributed by atoms with van der Waals surface area (Å²) in [5.41, 5.74) is 3.45. The first-order valence-corrected chi connectivity index (χ1v) is 10.9. The summed E-state index contributed by atoms with van der Waals surface area (Å²) in [7, 11) is 0. The number of anilines is 2. The highest BCUT2D eigenvalue weighted by Crippen LogP contribution is 2.32. The van der Waals surface area contributed by atoms with Gasteiger partial charge in [0, 0.05) is 23.4 Å². The standard InChI is InChI=1S/C24H26N6O2/c1-15-10-12-17(13-11-15)25-24(32)27-21-14-20(16-6-3-2-4-7-16)29-30(21)23-26-19-9-5-8-18(19)22(31)28-23/h2-4,6-7,10-14,18-19,23,26H,5,8-9H2,1H3,(H,28,31)(H2,25,27,32). The van der Waals surface area contributed by atoms with Crippen molar-refractivity contribution in [2.45, 2.75) is 38.5 Å². The van der Waals surface area contributed by atoms with E-state index in [0.717, 1.165) is 30.4 Å². The lowest BCUT2D eigenvalue weighted by molar-refractivity contribution is -0.130. The molecule has 2 aliphatic rings. The van der Waals surface area contributed by atoms with Crippen molar-refractivity contribution in [3.8, 4) is 11.3 Å². The number of benzene rings is 2. The largest absolute Gasteiger partial charge is 0.324 e. The molecular formula is C24H26N6O2. The molecule has 2 aromatic carbocycles. The summed E-state index contributed by atoms with van der Waals surface area (Å²) >= 11 is 0. The maximum absolute atomic E-state index is 12.7. The van der Waals surface area contributed by atoms with E-state index in [2.05, 4.69) is 21.3 Å². The number of fused-ring (bicyclic) bond motifs is 1. The Kier molecular flexibility index (Phi) is 5.36. The predicted molar refractivity (Wildman–Crippen MR) is 123 cm³/mol. The molecule has 164 valence electrons. The third-order valence-corrected chi connectivity index (χ3v) is 6.10. The molecule has 1 saturated carbocycles. The van der Waals surface area contributed by atoms with Gasteiger partial charge in [-0.1, -0.05) is 54.4 Å². The second kappa shape index (κ2) is 8.47. The van der Waals surface area contributed by atoms with Gasteiger partial charge in [-0.2, -0.15) is 5.10 Å². The van der Waals surface area contributed by atoms with Gasteiger partial charge in [-0.05, 0) is 31.9 Å². The lowest BCUT2D eigenvalue weighted by Crippen LogP contribution is -2.57. The van der Waals surface area contributed by atoms with E-state index in [1.165, 1.54) is 0 Å². The molecule has 1 aliphatic carbocycles. The van der Waals surface area contributed by atoms with Crippen LogP contribution in [0.25, 0.3) is 11.3 Å². The number of hydrogen-bond donors (Lipinski definition) is 4. The van der Waals surface area contributed by atoms with E-state index in [-0.39, 0.29) is 23.9 Å². The van der Waals surface area contributed by atoms with Gasteiger partial charge >= 0.3 is 6.03 Å². The van der Waals surface area contributed by atoms with Gasteiger partial charge in [0.05, 0.1) is 11.6 Å². The maximum atomic E-state index is 12.7. The molecule has 2 fully saturated rings. The van der Waals surface area contributed by atoms with Crippen LogP contribution in [0.3, 0.4) is 0 Å². The van der Waals surface area contributed by atoms with Crippen LogP contribution in [0.5, 0.6) is 0 Å². The van der Waals surface area contributed by atoms with Gasteiger partial charge in [0.2, 0.25) is 5.91 Å². The molecule has 32 heavy (non-hydrogen) atoms. The summed E-state index contributed by atoms with van der Waals surface area (Å²) in [5.74, 6) is 0.516. The van der Waals surface area contributed by atoms with Crippen LogP contribution in [0.1, 0.15) is 31.1 Å². The summed E-state index contributed by atoms with van der Waals surface area (Å²) in [5, 5.41) is 17.0. The Hall–Kier alpha value is -3.65. The number of carbonyl (C=O) groups is 2. The Balaban J connectivity index is 1.42. The predicted octanol–water partition coefficient (Wildman–Crippen LogP) is 3.85. The Morgan fingerprint density at radius 3 is 2.62 bits per heavy atom. The number of rotatable bonds is 4. The van der Waals surface area contributed by atoms with Crippen LogP contribution in [0.2, 0.25) is 0 Å². The van der Waals surface area contributed by atoms with Gasteiger partial charge in [0.15, 0.2) is 6.29 Å². The lowest BCUT2D eigenvalue weighted by Gasteiger charge is -2.34. The first-order chi connectivity index (χ1) is 15.6. The monoisotopic (exact) mass is 430 g/mol. The van der Waals surface area contributed by atoms with Crippen molar-refractivity contribution in [2.75, 3.05) is 10.6 Å². The molecule has 8 nitrogen and oxygen atoms in total. The quantitative estimate of drug-likeness (QED) is 0.505. The molecule has 3 aromatic rings. The van der Waals surface area contributed by atoms with Crippen molar-refractivity contribution in [1.29, 1.82) is 0 Å². The topological polar surface area (TPSA) is 100 Å². The second-order valence-electron chi connectivity index (χ2n) is 8.39. The zero-order chi connectivity index (χ0) is 22.1. The fourth-order valence-corrected chi connectivity index (χ4v) is 4.44. The Bertz CT molecular complexity index is 1130. The fourth-order valence-electron chi connectivity index (χ4n) is 4.44. The molecule has 3 unspecified atom stereocenters. The first-order valence-electron chi connectivity index (χ1n) is 10.9. The smallest absolute Gasteiger partial charge is 0.322 e. The third kappa shape index (κ3) is 4.09. The summed E-state index contributed by atoms with van der Waals surface area (Å²) in [6, 6.07) is 18.9. The molecule has 2 heterocycles. The molecule has 4 N–H and O–H groups in total. The Morgan fingerprint density at radius 1 is 1.06 bits per heavy atom. The van der Waals surface area contributed by atoms with Crippen LogP contribution < -0.4 is 21.3 Å². The number of urea groups is 1. The number of aromatic nitrogens is 2. The lowest BCUT2D eigenvalue weighted by atomic mass is 10.0. The van der Waals surface area contributed by atoms with Gasteiger partial charge in [-0.25, -0.2) is 9.48 Å². The van der Waals surface area contributed by atoms with Crippen molar-refractivity contribution in [1.82, 2.24) is 20.4 Å². The first kappa shape index (κ1) is 20.3. The Labute approximate surface area is 186 Å². The summed E-state index contributed by atoms with van der Waals surface area (Å²) < 4.78 is 1.64. The van der Waals surface area contributed by atoms with Crippen LogP contribution in [0.4, 0.5) is 16.3 Å². The average molecular weight is 431 g/mol. The summed E-state index contributed by atoms with van der Waals surface area (Å²) in [6.07, 6.45) is 2.35. The van der Waals surface area contributed by atoms with E-state index in [0.29, 0.717) is 17.2 Å².